The van der Waals surface area contributed by atoms with Gasteiger partial charge >= 0.3 is 5.97 Å². The predicted molar refractivity (Wildman–Crippen MR) is 146 cm³/mol. The molecule has 0 unspecified atom stereocenters. The zero-order chi connectivity index (χ0) is 26.0. The molecule has 4 aromatic rings. The Bertz CT molecular complexity index is 1270. The largest absolute Gasteiger partial charge is 0.497 e. The molecule has 192 valence electrons. The van der Waals surface area contributed by atoms with Crippen LogP contribution in [0.3, 0.4) is 0 Å². The molecule has 4 rings (SSSR count). The summed E-state index contributed by atoms with van der Waals surface area (Å²) in [6.45, 7) is 5.39. The van der Waals surface area contributed by atoms with Crippen molar-refractivity contribution in [2.75, 3.05) is 14.2 Å². The number of rotatable bonds is 12. The molecule has 0 radical (unpaired) electrons. The SMILES string of the molecule is CCCCn1c(CN(Cc2ccc(OC)cc2)Cc2ccc(C(=O)OC)cc2)cnc1-c1ccccc1. The van der Waals surface area contributed by atoms with Gasteiger partial charge in [-0.2, -0.15) is 0 Å². The van der Waals surface area contributed by atoms with Gasteiger partial charge in [-0.05, 0) is 41.8 Å². The van der Waals surface area contributed by atoms with E-state index >= 15 is 0 Å². The van der Waals surface area contributed by atoms with Gasteiger partial charge in [-0.1, -0.05) is 67.9 Å². The van der Waals surface area contributed by atoms with Crippen molar-refractivity contribution in [1.82, 2.24) is 14.5 Å². The van der Waals surface area contributed by atoms with Crippen LogP contribution in [-0.4, -0.2) is 34.6 Å². The molecule has 0 saturated carbocycles. The maximum absolute atomic E-state index is 11.9. The third-order valence-electron chi connectivity index (χ3n) is 6.44. The molecule has 0 spiro atoms. The zero-order valence-electron chi connectivity index (χ0n) is 21.9. The summed E-state index contributed by atoms with van der Waals surface area (Å²) in [5.74, 6) is 1.53. The van der Waals surface area contributed by atoms with Crippen molar-refractivity contribution in [3.05, 3.63) is 107 Å². The number of carbonyl (C=O) groups is 1. The molecular weight excluding hydrogens is 462 g/mol. The van der Waals surface area contributed by atoms with E-state index in [1.54, 1.807) is 7.11 Å². The van der Waals surface area contributed by atoms with Gasteiger partial charge in [-0.15, -0.1) is 0 Å². The molecule has 0 aliphatic rings. The van der Waals surface area contributed by atoms with Crippen molar-refractivity contribution >= 4 is 5.97 Å². The minimum absolute atomic E-state index is 0.324. The highest BCUT2D eigenvalue weighted by atomic mass is 16.5. The number of hydrogen-bond donors (Lipinski definition) is 0. The second kappa shape index (κ2) is 12.9. The molecule has 0 bridgehead atoms. The fourth-order valence-electron chi connectivity index (χ4n) is 4.43. The van der Waals surface area contributed by atoms with E-state index in [4.69, 9.17) is 14.5 Å². The van der Waals surface area contributed by atoms with Crippen LogP contribution in [0.4, 0.5) is 0 Å². The van der Waals surface area contributed by atoms with Gasteiger partial charge in [0.15, 0.2) is 0 Å². The normalized spacial score (nSPS) is 11.0. The van der Waals surface area contributed by atoms with Crippen molar-refractivity contribution in [3.8, 4) is 17.1 Å². The summed E-state index contributed by atoms with van der Waals surface area (Å²) in [6, 6.07) is 26.2. The Morgan fingerprint density at radius 3 is 2.11 bits per heavy atom. The highest BCUT2D eigenvalue weighted by Crippen LogP contribution is 2.23. The first kappa shape index (κ1) is 26.2. The summed E-state index contributed by atoms with van der Waals surface area (Å²) in [6.07, 6.45) is 4.23. The van der Waals surface area contributed by atoms with E-state index < -0.39 is 0 Å². The predicted octanol–water partition coefficient (Wildman–Crippen LogP) is 6.35. The van der Waals surface area contributed by atoms with Gasteiger partial charge in [-0.3, -0.25) is 4.90 Å². The minimum Gasteiger partial charge on any atom is -0.497 e. The van der Waals surface area contributed by atoms with Gasteiger partial charge in [0.05, 0.1) is 31.7 Å². The summed E-state index contributed by atoms with van der Waals surface area (Å²) in [5.41, 5.74) is 5.20. The lowest BCUT2D eigenvalue weighted by Gasteiger charge is -2.24. The van der Waals surface area contributed by atoms with Gasteiger partial charge < -0.3 is 14.0 Å². The van der Waals surface area contributed by atoms with Gasteiger partial charge in [0.2, 0.25) is 0 Å². The fourth-order valence-corrected chi connectivity index (χ4v) is 4.43. The van der Waals surface area contributed by atoms with Crippen molar-refractivity contribution in [2.45, 2.75) is 45.9 Å². The number of benzene rings is 3. The molecule has 6 nitrogen and oxygen atoms in total. The lowest BCUT2D eigenvalue weighted by atomic mass is 10.1. The van der Waals surface area contributed by atoms with Crippen LogP contribution in [0.5, 0.6) is 5.75 Å². The van der Waals surface area contributed by atoms with Crippen LogP contribution in [0.25, 0.3) is 11.4 Å². The van der Waals surface area contributed by atoms with Crippen LogP contribution in [0.15, 0.2) is 85.1 Å². The number of methoxy groups -OCH3 is 2. The van der Waals surface area contributed by atoms with E-state index in [1.165, 1.54) is 18.4 Å². The summed E-state index contributed by atoms with van der Waals surface area (Å²) < 4.78 is 12.6. The zero-order valence-corrected chi connectivity index (χ0v) is 21.9. The molecule has 0 aliphatic carbocycles. The van der Waals surface area contributed by atoms with E-state index in [0.717, 1.165) is 61.7 Å². The number of imidazole rings is 1. The van der Waals surface area contributed by atoms with Gasteiger partial charge in [0.25, 0.3) is 0 Å². The van der Waals surface area contributed by atoms with E-state index in [-0.39, 0.29) is 5.97 Å². The Labute approximate surface area is 219 Å². The fraction of sp³-hybridized carbons (Fsp3) is 0.290. The lowest BCUT2D eigenvalue weighted by Crippen LogP contribution is -2.24. The molecule has 0 amide bonds. The van der Waals surface area contributed by atoms with Crippen LogP contribution in [0.2, 0.25) is 0 Å². The van der Waals surface area contributed by atoms with E-state index in [0.29, 0.717) is 5.56 Å². The molecule has 1 aromatic heterocycles. The quantitative estimate of drug-likeness (QED) is 0.214. The van der Waals surface area contributed by atoms with E-state index in [1.807, 2.05) is 48.7 Å². The molecule has 0 aliphatic heterocycles. The molecule has 3 aromatic carbocycles. The van der Waals surface area contributed by atoms with Crippen LogP contribution in [-0.2, 0) is 30.9 Å². The molecule has 0 saturated heterocycles. The Kier molecular flexibility index (Phi) is 9.11. The average Bonchev–Trinajstić information content (AvgIpc) is 3.34. The van der Waals surface area contributed by atoms with Crippen LogP contribution in [0.1, 0.15) is 46.9 Å². The first-order chi connectivity index (χ1) is 18.1. The van der Waals surface area contributed by atoms with Crippen LogP contribution in [0, 0.1) is 0 Å². The molecule has 0 N–H and O–H groups in total. The number of nitrogens with zero attached hydrogens (tertiary/aromatic N) is 3. The molecule has 6 heteroatoms. The second-order valence-corrected chi connectivity index (χ2v) is 9.13. The van der Waals surface area contributed by atoms with Gasteiger partial charge in [0, 0.05) is 31.7 Å². The van der Waals surface area contributed by atoms with Gasteiger partial charge in [-0.25, -0.2) is 9.78 Å². The smallest absolute Gasteiger partial charge is 0.337 e. The van der Waals surface area contributed by atoms with E-state index in [2.05, 4.69) is 52.8 Å². The summed E-state index contributed by atoms with van der Waals surface area (Å²) >= 11 is 0. The molecular formula is C31H35N3O3. The monoisotopic (exact) mass is 497 g/mol. The summed E-state index contributed by atoms with van der Waals surface area (Å²) in [7, 11) is 3.08. The molecule has 37 heavy (non-hydrogen) atoms. The molecule has 1 heterocycles. The number of carbonyl (C=O) groups excluding carboxylic acids is 1. The van der Waals surface area contributed by atoms with Crippen LogP contribution >= 0.6 is 0 Å². The maximum atomic E-state index is 11.9. The second-order valence-electron chi connectivity index (χ2n) is 9.13. The van der Waals surface area contributed by atoms with Gasteiger partial charge in [0.1, 0.15) is 11.6 Å². The summed E-state index contributed by atoms with van der Waals surface area (Å²) in [5, 5.41) is 0. The first-order valence-electron chi connectivity index (χ1n) is 12.7. The average molecular weight is 498 g/mol. The Morgan fingerprint density at radius 2 is 1.51 bits per heavy atom. The molecule has 0 atom stereocenters. The number of ether oxygens (including phenoxy) is 2. The number of aromatic nitrogens is 2. The third kappa shape index (κ3) is 6.86. The highest BCUT2D eigenvalue weighted by molar-refractivity contribution is 5.89. The minimum atomic E-state index is -0.324. The summed E-state index contributed by atoms with van der Waals surface area (Å²) in [4.78, 5) is 19.1. The number of unbranched alkanes of at least 4 members (excludes halogenated alkanes) is 1. The van der Waals surface area contributed by atoms with Crippen molar-refractivity contribution in [3.63, 3.8) is 0 Å². The molecule has 0 fully saturated rings. The Hall–Kier alpha value is -3.90. The van der Waals surface area contributed by atoms with E-state index in [9.17, 15) is 4.79 Å². The van der Waals surface area contributed by atoms with Crippen molar-refractivity contribution < 1.29 is 14.3 Å². The third-order valence-corrected chi connectivity index (χ3v) is 6.44. The maximum Gasteiger partial charge on any atom is 0.337 e. The topological polar surface area (TPSA) is 56.6 Å². The number of esters is 1. The van der Waals surface area contributed by atoms with Crippen molar-refractivity contribution in [2.24, 2.45) is 0 Å². The standard InChI is InChI=1S/C31H35N3O3/c1-4-5-19-34-28(20-32-30(34)26-9-7-6-8-10-26)23-33(22-25-13-17-29(36-2)18-14-25)21-24-11-15-27(16-12-24)31(35)37-3/h6-18,20H,4-5,19,21-23H2,1-3H3. The Balaban J connectivity index is 1.62. The lowest BCUT2D eigenvalue weighted by molar-refractivity contribution is 0.0600. The number of hydrogen-bond acceptors (Lipinski definition) is 5. The van der Waals surface area contributed by atoms with Crippen molar-refractivity contribution in [1.29, 1.82) is 0 Å². The van der Waals surface area contributed by atoms with Crippen LogP contribution < -0.4 is 4.74 Å². The highest BCUT2D eigenvalue weighted by Gasteiger charge is 2.16. The Morgan fingerprint density at radius 1 is 0.865 bits per heavy atom. The first-order valence-corrected chi connectivity index (χ1v) is 12.7.